The van der Waals surface area contributed by atoms with Gasteiger partial charge in [0.15, 0.2) is 0 Å². The first kappa shape index (κ1) is 8.30. The molecular formula is C8H14N2O. The molecule has 0 aromatic carbocycles. The number of rotatable bonds is 4. The highest BCUT2D eigenvalue weighted by Crippen LogP contribution is 1.99. The van der Waals surface area contributed by atoms with Crippen molar-refractivity contribution in [3.63, 3.8) is 0 Å². The number of ether oxygens (including phenoxy) is 1. The Bertz CT molecular complexity index is 208. The largest absolute Gasteiger partial charge is 0.361 e. The molecule has 1 heterocycles. The van der Waals surface area contributed by atoms with Gasteiger partial charge >= 0.3 is 0 Å². The van der Waals surface area contributed by atoms with Gasteiger partial charge in [0.05, 0.1) is 0 Å². The van der Waals surface area contributed by atoms with Crippen LogP contribution in [0, 0.1) is 0 Å². The molecule has 0 saturated carbocycles. The van der Waals surface area contributed by atoms with E-state index in [2.05, 4.69) is 0 Å². The summed E-state index contributed by atoms with van der Waals surface area (Å²) in [6.45, 7) is 3.94. The summed E-state index contributed by atoms with van der Waals surface area (Å²) in [4.78, 5) is 0. The van der Waals surface area contributed by atoms with Crippen LogP contribution >= 0.6 is 0 Å². The second-order valence-electron chi connectivity index (χ2n) is 2.36. The molecule has 0 fully saturated rings. The minimum absolute atomic E-state index is 0.596. The molecule has 11 heavy (non-hydrogen) atoms. The molecule has 0 aliphatic rings. The number of aromatic nitrogens is 1. The highest BCUT2D eigenvalue weighted by Gasteiger charge is 1.92. The van der Waals surface area contributed by atoms with Crippen molar-refractivity contribution in [1.29, 1.82) is 0 Å². The topological polar surface area (TPSA) is 40.2 Å². The van der Waals surface area contributed by atoms with Gasteiger partial charge in [-0.05, 0) is 18.6 Å². The second-order valence-corrected chi connectivity index (χ2v) is 2.36. The van der Waals surface area contributed by atoms with Crippen molar-refractivity contribution in [3.8, 4) is 0 Å². The van der Waals surface area contributed by atoms with Gasteiger partial charge in [-0.1, -0.05) is 0 Å². The van der Waals surface area contributed by atoms with E-state index in [0.29, 0.717) is 13.3 Å². The summed E-state index contributed by atoms with van der Waals surface area (Å²) in [7, 11) is 0. The van der Waals surface area contributed by atoms with E-state index in [4.69, 9.17) is 10.5 Å². The van der Waals surface area contributed by atoms with Crippen LogP contribution in [-0.2, 0) is 18.0 Å². The molecule has 1 aromatic rings. The zero-order chi connectivity index (χ0) is 8.10. The average Bonchev–Trinajstić information content (AvgIpc) is 2.48. The molecule has 1 rings (SSSR count). The van der Waals surface area contributed by atoms with Gasteiger partial charge in [0.25, 0.3) is 0 Å². The summed E-state index contributed by atoms with van der Waals surface area (Å²) in [5, 5.41) is 0. The number of hydrogen-bond donors (Lipinski definition) is 1. The molecule has 0 atom stereocenters. The number of nitrogens with two attached hydrogens (primary N) is 1. The molecule has 62 valence electrons. The highest BCUT2D eigenvalue weighted by molar-refractivity contribution is 5.08. The molecule has 3 nitrogen and oxygen atoms in total. The predicted molar refractivity (Wildman–Crippen MR) is 43.9 cm³/mol. The van der Waals surface area contributed by atoms with Crippen molar-refractivity contribution in [2.45, 2.75) is 20.2 Å². The minimum atomic E-state index is 0.596. The average molecular weight is 154 g/mol. The van der Waals surface area contributed by atoms with E-state index >= 15 is 0 Å². The second kappa shape index (κ2) is 4.16. The van der Waals surface area contributed by atoms with Crippen molar-refractivity contribution in [2.24, 2.45) is 5.73 Å². The summed E-state index contributed by atoms with van der Waals surface area (Å²) < 4.78 is 7.18. The Hall–Kier alpha value is -0.800. The van der Waals surface area contributed by atoms with Crippen molar-refractivity contribution in [3.05, 3.63) is 24.0 Å². The van der Waals surface area contributed by atoms with Crippen molar-refractivity contribution >= 4 is 0 Å². The Morgan fingerprint density at radius 2 is 2.45 bits per heavy atom. The Labute approximate surface area is 66.8 Å². The summed E-state index contributed by atoms with van der Waals surface area (Å²) in [5.74, 6) is 0. The highest BCUT2D eigenvalue weighted by atomic mass is 16.5. The van der Waals surface area contributed by atoms with Crippen LogP contribution in [0.1, 0.15) is 12.5 Å². The maximum atomic E-state index is 5.44. The Balaban J connectivity index is 2.44. The van der Waals surface area contributed by atoms with Crippen molar-refractivity contribution in [2.75, 3.05) is 6.61 Å². The molecule has 0 aliphatic heterocycles. The lowest BCUT2D eigenvalue weighted by atomic mass is 10.4. The van der Waals surface area contributed by atoms with E-state index < -0.39 is 0 Å². The number of nitrogens with zero attached hydrogens (tertiary/aromatic N) is 1. The quantitative estimate of drug-likeness (QED) is 0.701. The monoisotopic (exact) mass is 154 g/mol. The van der Waals surface area contributed by atoms with Gasteiger partial charge in [-0.15, -0.1) is 0 Å². The third-order valence-electron chi connectivity index (χ3n) is 1.49. The van der Waals surface area contributed by atoms with Gasteiger partial charge in [0.1, 0.15) is 6.73 Å². The molecule has 0 amide bonds. The van der Waals surface area contributed by atoms with Gasteiger partial charge in [-0.3, -0.25) is 0 Å². The Kier molecular flexibility index (Phi) is 3.14. The standard InChI is InChI=1S/C8H14N2O/c1-2-11-7-10-4-3-8(5-9)6-10/h3-4,6H,2,5,7,9H2,1H3. The SMILES string of the molecule is CCOCn1ccc(CN)c1. The van der Waals surface area contributed by atoms with E-state index in [1.165, 1.54) is 0 Å². The lowest BCUT2D eigenvalue weighted by molar-refractivity contribution is 0.0880. The van der Waals surface area contributed by atoms with Gasteiger partial charge in [-0.25, -0.2) is 0 Å². The summed E-state index contributed by atoms with van der Waals surface area (Å²) in [6.07, 6.45) is 3.97. The molecule has 0 aliphatic carbocycles. The van der Waals surface area contributed by atoms with E-state index in [1.54, 1.807) is 0 Å². The van der Waals surface area contributed by atoms with Gasteiger partial charge in [-0.2, -0.15) is 0 Å². The van der Waals surface area contributed by atoms with Gasteiger partial charge < -0.3 is 15.0 Å². The van der Waals surface area contributed by atoms with Crippen LogP contribution in [0.25, 0.3) is 0 Å². The van der Waals surface area contributed by atoms with Crippen LogP contribution in [0.3, 0.4) is 0 Å². The fraction of sp³-hybridized carbons (Fsp3) is 0.500. The first-order valence-corrected chi connectivity index (χ1v) is 3.79. The normalized spacial score (nSPS) is 10.4. The smallest absolute Gasteiger partial charge is 0.122 e. The molecule has 0 saturated heterocycles. The first-order chi connectivity index (χ1) is 5.36. The molecule has 0 unspecified atom stereocenters. The maximum Gasteiger partial charge on any atom is 0.122 e. The third-order valence-corrected chi connectivity index (χ3v) is 1.49. The molecule has 0 radical (unpaired) electrons. The Morgan fingerprint density at radius 3 is 3.00 bits per heavy atom. The fourth-order valence-electron chi connectivity index (χ4n) is 0.888. The van der Waals surface area contributed by atoms with Gasteiger partial charge in [0.2, 0.25) is 0 Å². The molecule has 3 heteroatoms. The van der Waals surface area contributed by atoms with Crippen LogP contribution < -0.4 is 5.73 Å². The fourth-order valence-corrected chi connectivity index (χ4v) is 0.888. The summed E-state index contributed by atoms with van der Waals surface area (Å²) >= 11 is 0. The number of hydrogen-bond acceptors (Lipinski definition) is 2. The minimum Gasteiger partial charge on any atom is -0.361 e. The van der Waals surface area contributed by atoms with Crippen LogP contribution in [0.2, 0.25) is 0 Å². The van der Waals surface area contributed by atoms with Crippen LogP contribution in [0.15, 0.2) is 18.5 Å². The molecule has 0 bridgehead atoms. The van der Waals surface area contributed by atoms with Crippen molar-refractivity contribution < 1.29 is 4.74 Å². The zero-order valence-corrected chi connectivity index (χ0v) is 6.79. The van der Waals surface area contributed by atoms with Crippen LogP contribution in [-0.4, -0.2) is 11.2 Å². The third kappa shape index (κ3) is 2.37. The Morgan fingerprint density at radius 1 is 1.64 bits per heavy atom. The van der Waals surface area contributed by atoms with Crippen LogP contribution in [0.5, 0.6) is 0 Å². The van der Waals surface area contributed by atoms with E-state index in [1.807, 2.05) is 30.0 Å². The molecular weight excluding hydrogens is 140 g/mol. The van der Waals surface area contributed by atoms with E-state index in [-0.39, 0.29) is 0 Å². The lowest BCUT2D eigenvalue weighted by Gasteiger charge is -2.00. The van der Waals surface area contributed by atoms with E-state index in [9.17, 15) is 0 Å². The molecule has 0 spiro atoms. The summed E-state index contributed by atoms with van der Waals surface area (Å²) in [5.41, 5.74) is 6.58. The van der Waals surface area contributed by atoms with Crippen LogP contribution in [0.4, 0.5) is 0 Å². The van der Waals surface area contributed by atoms with Gasteiger partial charge in [0, 0.05) is 25.5 Å². The zero-order valence-electron chi connectivity index (χ0n) is 6.79. The molecule has 2 N–H and O–H groups in total. The maximum absolute atomic E-state index is 5.44. The lowest BCUT2D eigenvalue weighted by Crippen LogP contribution is -1.99. The first-order valence-electron chi connectivity index (χ1n) is 3.79. The predicted octanol–water partition coefficient (Wildman–Crippen LogP) is 0.941. The molecule has 1 aromatic heterocycles. The van der Waals surface area contributed by atoms with E-state index in [0.717, 1.165) is 12.2 Å². The van der Waals surface area contributed by atoms with Crippen molar-refractivity contribution in [1.82, 2.24) is 4.57 Å². The summed E-state index contributed by atoms with van der Waals surface area (Å²) in [6, 6.07) is 2.00.